The number of hydrogen-bond donors (Lipinski definition) is 2. The fourth-order valence-electron chi connectivity index (χ4n) is 3.48. The Labute approximate surface area is 110 Å². The molecule has 0 aromatic rings. The fraction of sp³-hybridized carbons (Fsp3) is 0.929. The van der Waals surface area contributed by atoms with E-state index in [1.54, 1.807) is 0 Å². The van der Waals surface area contributed by atoms with Crippen LogP contribution in [0.3, 0.4) is 0 Å². The molecule has 2 aliphatic rings. The first kappa shape index (κ1) is 13.7. The zero-order chi connectivity index (χ0) is 13.4. The molecule has 0 aliphatic heterocycles. The van der Waals surface area contributed by atoms with Crippen LogP contribution in [0.4, 0.5) is 4.79 Å². The Bertz CT molecular complexity index is 314. The van der Waals surface area contributed by atoms with Gasteiger partial charge in [0.25, 0.3) is 0 Å². The molecule has 1 unspecified atom stereocenters. The quantitative estimate of drug-likeness (QED) is 0.813. The van der Waals surface area contributed by atoms with E-state index in [0.29, 0.717) is 12.0 Å². The third-order valence-electron chi connectivity index (χ3n) is 4.45. The Morgan fingerprint density at radius 3 is 2.50 bits per heavy atom. The summed E-state index contributed by atoms with van der Waals surface area (Å²) in [5.74, 6) is 0.887. The second-order valence-corrected chi connectivity index (χ2v) is 7.00. The molecule has 0 heterocycles. The largest absolute Gasteiger partial charge is 0.444 e. The second kappa shape index (κ2) is 4.72. The lowest BCUT2D eigenvalue weighted by Gasteiger charge is -2.33. The summed E-state index contributed by atoms with van der Waals surface area (Å²) in [7, 11) is 0. The van der Waals surface area contributed by atoms with Gasteiger partial charge in [0.2, 0.25) is 0 Å². The minimum absolute atomic E-state index is 0.0671. The standard InChI is InChI=1S/C14H26N2O2/c1-13(2,3)18-12(17)16-9-11(15)14-6-4-10(8-14)5-7-14/h10-11H,4-9,15H2,1-3H3,(H,16,17). The number of carbonyl (C=O) groups is 1. The van der Waals surface area contributed by atoms with Gasteiger partial charge >= 0.3 is 6.09 Å². The third kappa shape index (κ3) is 2.97. The highest BCUT2D eigenvalue weighted by molar-refractivity contribution is 5.67. The molecule has 0 radical (unpaired) electrons. The van der Waals surface area contributed by atoms with Gasteiger partial charge in [0.05, 0.1) is 0 Å². The van der Waals surface area contributed by atoms with E-state index in [1.165, 1.54) is 32.1 Å². The topological polar surface area (TPSA) is 64.3 Å². The molecule has 0 saturated heterocycles. The van der Waals surface area contributed by atoms with E-state index in [2.05, 4.69) is 5.32 Å². The molecule has 0 spiro atoms. The second-order valence-electron chi connectivity index (χ2n) is 7.00. The Morgan fingerprint density at radius 2 is 2.06 bits per heavy atom. The molecule has 1 amide bonds. The Morgan fingerprint density at radius 1 is 1.44 bits per heavy atom. The smallest absolute Gasteiger partial charge is 0.407 e. The van der Waals surface area contributed by atoms with Crippen molar-refractivity contribution < 1.29 is 9.53 Å². The Balaban J connectivity index is 1.78. The molecule has 1 atom stereocenters. The maximum Gasteiger partial charge on any atom is 0.407 e. The van der Waals surface area contributed by atoms with Crippen LogP contribution in [0.15, 0.2) is 0 Å². The summed E-state index contributed by atoms with van der Waals surface area (Å²) in [5.41, 5.74) is 6.14. The van der Waals surface area contributed by atoms with Crippen molar-refractivity contribution in [2.24, 2.45) is 17.1 Å². The summed E-state index contributed by atoms with van der Waals surface area (Å²) < 4.78 is 5.22. The number of nitrogens with one attached hydrogen (secondary N) is 1. The summed E-state index contributed by atoms with van der Waals surface area (Å²) in [4.78, 5) is 11.6. The number of fused-ring (bicyclic) bond motifs is 2. The van der Waals surface area contributed by atoms with E-state index < -0.39 is 5.60 Å². The van der Waals surface area contributed by atoms with Crippen LogP contribution in [0.2, 0.25) is 0 Å². The summed E-state index contributed by atoms with van der Waals surface area (Å²) >= 11 is 0. The van der Waals surface area contributed by atoms with Crippen molar-refractivity contribution in [3.63, 3.8) is 0 Å². The number of ether oxygens (including phenoxy) is 1. The van der Waals surface area contributed by atoms with Gasteiger partial charge in [0, 0.05) is 12.6 Å². The number of rotatable bonds is 3. The molecular formula is C14H26N2O2. The fourth-order valence-corrected chi connectivity index (χ4v) is 3.48. The maximum absolute atomic E-state index is 11.6. The average molecular weight is 254 g/mol. The van der Waals surface area contributed by atoms with Crippen LogP contribution in [0.1, 0.15) is 52.9 Å². The summed E-state index contributed by atoms with van der Waals surface area (Å²) in [6, 6.07) is 0.0671. The van der Waals surface area contributed by atoms with Gasteiger partial charge in [-0.05, 0) is 64.2 Å². The van der Waals surface area contributed by atoms with Crippen LogP contribution in [0.25, 0.3) is 0 Å². The first-order chi connectivity index (χ1) is 8.31. The number of alkyl carbamates (subject to hydrolysis) is 1. The van der Waals surface area contributed by atoms with Gasteiger partial charge in [-0.3, -0.25) is 0 Å². The zero-order valence-electron chi connectivity index (χ0n) is 11.8. The van der Waals surface area contributed by atoms with E-state index in [1.807, 2.05) is 20.8 Å². The summed E-state index contributed by atoms with van der Waals surface area (Å²) in [6.45, 7) is 6.12. The predicted molar refractivity (Wildman–Crippen MR) is 71.2 cm³/mol. The van der Waals surface area contributed by atoms with Crippen LogP contribution >= 0.6 is 0 Å². The molecule has 2 aliphatic carbocycles. The van der Waals surface area contributed by atoms with Crippen molar-refractivity contribution in [1.29, 1.82) is 0 Å². The highest BCUT2D eigenvalue weighted by atomic mass is 16.6. The van der Waals surface area contributed by atoms with Gasteiger partial charge in [-0.25, -0.2) is 4.79 Å². The molecule has 0 aromatic heterocycles. The van der Waals surface area contributed by atoms with Crippen molar-refractivity contribution in [3.8, 4) is 0 Å². The minimum atomic E-state index is -0.446. The number of carbonyl (C=O) groups excluding carboxylic acids is 1. The van der Waals surface area contributed by atoms with Gasteiger partial charge in [0.1, 0.15) is 5.60 Å². The van der Waals surface area contributed by atoms with Gasteiger partial charge in [-0.2, -0.15) is 0 Å². The van der Waals surface area contributed by atoms with Crippen molar-refractivity contribution in [1.82, 2.24) is 5.32 Å². The Kier molecular flexibility index (Phi) is 3.58. The molecule has 2 rings (SSSR count). The molecule has 0 aromatic carbocycles. The summed E-state index contributed by atoms with van der Waals surface area (Å²) in [6.07, 6.45) is 6.00. The average Bonchev–Trinajstić information content (AvgIpc) is 2.84. The third-order valence-corrected chi connectivity index (χ3v) is 4.45. The molecule has 18 heavy (non-hydrogen) atoms. The normalized spacial score (nSPS) is 32.3. The van der Waals surface area contributed by atoms with Crippen molar-refractivity contribution >= 4 is 6.09 Å². The number of nitrogens with two attached hydrogens (primary N) is 1. The SMILES string of the molecule is CC(C)(C)OC(=O)NCC(N)C12CCC(CC1)C2. The van der Waals surface area contributed by atoms with E-state index >= 15 is 0 Å². The predicted octanol–water partition coefficient (Wildman–Crippen LogP) is 2.42. The molecular weight excluding hydrogens is 228 g/mol. The van der Waals surface area contributed by atoms with Crippen LogP contribution < -0.4 is 11.1 Å². The van der Waals surface area contributed by atoms with Gasteiger partial charge < -0.3 is 15.8 Å². The van der Waals surface area contributed by atoms with Crippen molar-refractivity contribution in [2.75, 3.05) is 6.54 Å². The maximum atomic E-state index is 11.6. The van der Waals surface area contributed by atoms with E-state index in [0.717, 1.165) is 5.92 Å². The van der Waals surface area contributed by atoms with E-state index in [9.17, 15) is 4.79 Å². The monoisotopic (exact) mass is 254 g/mol. The molecule has 4 nitrogen and oxygen atoms in total. The van der Waals surface area contributed by atoms with Crippen LogP contribution in [-0.4, -0.2) is 24.3 Å². The molecule has 104 valence electrons. The molecule has 2 saturated carbocycles. The molecule has 4 heteroatoms. The highest BCUT2D eigenvalue weighted by Gasteiger charge is 2.48. The van der Waals surface area contributed by atoms with Gasteiger partial charge in [-0.15, -0.1) is 0 Å². The van der Waals surface area contributed by atoms with Crippen molar-refractivity contribution in [3.05, 3.63) is 0 Å². The lowest BCUT2D eigenvalue weighted by molar-refractivity contribution is 0.0513. The van der Waals surface area contributed by atoms with Gasteiger partial charge in [-0.1, -0.05) is 0 Å². The van der Waals surface area contributed by atoms with E-state index in [-0.39, 0.29) is 12.1 Å². The molecule has 2 fully saturated rings. The van der Waals surface area contributed by atoms with E-state index in [4.69, 9.17) is 10.5 Å². The van der Waals surface area contributed by atoms with Crippen LogP contribution in [0, 0.1) is 11.3 Å². The van der Waals surface area contributed by atoms with Crippen LogP contribution in [-0.2, 0) is 4.74 Å². The van der Waals surface area contributed by atoms with Gasteiger partial charge in [0.15, 0.2) is 0 Å². The lowest BCUT2D eigenvalue weighted by atomic mass is 9.77. The number of amides is 1. The lowest BCUT2D eigenvalue weighted by Crippen LogP contribution is -2.48. The van der Waals surface area contributed by atoms with Crippen LogP contribution in [0.5, 0.6) is 0 Å². The Hall–Kier alpha value is -0.770. The van der Waals surface area contributed by atoms with Crippen molar-refractivity contribution in [2.45, 2.75) is 64.5 Å². The molecule has 3 N–H and O–H groups in total. The minimum Gasteiger partial charge on any atom is -0.444 e. The zero-order valence-corrected chi connectivity index (χ0v) is 11.8. The molecule has 2 bridgehead atoms. The number of hydrogen-bond acceptors (Lipinski definition) is 3. The first-order valence-corrected chi connectivity index (χ1v) is 7.03. The highest BCUT2D eigenvalue weighted by Crippen LogP contribution is 2.55. The first-order valence-electron chi connectivity index (χ1n) is 7.03. The summed E-state index contributed by atoms with van der Waals surface area (Å²) in [5, 5.41) is 2.81.